The summed E-state index contributed by atoms with van der Waals surface area (Å²) >= 11 is 6.00. The van der Waals surface area contributed by atoms with Gasteiger partial charge < -0.3 is 0 Å². The zero-order valence-electron chi connectivity index (χ0n) is 11.1. The van der Waals surface area contributed by atoms with Gasteiger partial charge in [-0.15, -0.1) is 0 Å². The number of Topliss-reactive ketones (excluding diaryl/α,β-unsaturated/α-hetero) is 2. The van der Waals surface area contributed by atoms with Gasteiger partial charge in [0.1, 0.15) is 0 Å². The molecule has 22 heavy (non-hydrogen) atoms. The van der Waals surface area contributed by atoms with Crippen molar-refractivity contribution in [3.8, 4) is 0 Å². The van der Waals surface area contributed by atoms with Crippen LogP contribution in [0.15, 0.2) is 48.0 Å². The minimum Gasteiger partial charge on any atom is -0.288 e. The van der Waals surface area contributed by atoms with E-state index in [1.54, 1.807) is 24.3 Å². The lowest BCUT2D eigenvalue weighted by atomic mass is 10.1. The van der Waals surface area contributed by atoms with Gasteiger partial charge in [-0.3, -0.25) is 19.7 Å². The van der Waals surface area contributed by atoms with E-state index in [1.165, 1.54) is 24.3 Å². The molecule has 0 saturated carbocycles. The average molecular weight is 314 g/mol. The summed E-state index contributed by atoms with van der Waals surface area (Å²) in [5, 5.41) is 11.0. The van der Waals surface area contributed by atoms with E-state index >= 15 is 0 Å². The van der Waals surface area contributed by atoms with Crippen molar-refractivity contribution in [3.63, 3.8) is 0 Å². The van der Waals surface area contributed by atoms with Gasteiger partial charge in [0, 0.05) is 33.8 Å². The van der Waals surface area contributed by atoms with Crippen LogP contribution in [0, 0.1) is 10.1 Å². The maximum Gasteiger partial charge on any atom is 0.270 e. The van der Waals surface area contributed by atoms with E-state index in [0.717, 1.165) is 0 Å². The van der Waals surface area contributed by atoms with Gasteiger partial charge in [-0.25, -0.2) is 0 Å². The molecule has 0 atom stereocenters. The summed E-state index contributed by atoms with van der Waals surface area (Å²) < 4.78 is 0. The molecule has 0 amide bonds. The van der Waals surface area contributed by atoms with Gasteiger partial charge in [0.25, 0.3) is 5.69 Å². The van der Waals surface area contributed by atoms with E-state index in [9.17, 15) is 19.7 Å². The molecule has 0 heterocycles. The molecule has 3 rings (SSSR count). The molecule has 1 aliphatic carbocycles. The second-order valence-electron chi connectivity index (χ2n) is 4.72. The zero-order valence-corrected chi connectivity index (χ0v) is 11.8. The highest BCUT2D eigenvalue weighted by Gasteiger charge is 2.32. The highest BCUT2D eigenvalue weighted by Crippen LogP contribution is 2.30. The number of nitro benzene ring substituents is 1. The number of carbonyl (C=O) groups excluding carboxylic acids is 2. The summed E-state index contributed by atoms with van der Waals surface area (Å²) in [6, 6.07) is 10.4. The van der Waals surface area contributed by atoms with Gasteiger partial charge in [0.2, 0.25) is 0 Å². The van der Waals surface area contributed by atoms with Crippen molar-refractivity contribution in [1.82, 2.24) is 0 Å². The predicted octanol–water partition coefficient (Wildman–Crippen LogP) is 3.71. The van der Waals surface area contributed by atoms with Gasteiger partial charge in [-0.05, 0) is 12.1 Å². The van der Waals surface area contributed by atoms with Crippen molar-refractivity contribution >= 4 is 34.9 Å². The summed E-state index contributed by atoms with van der Waals surface area (Å²) in [6.07, 6.45) is 1.31. The monoisotopic (exact) mass is 313 g/mol. The van der Waals surface area contributed by atoms with Crippen LogP contribution >= 0.6 is 11.6 Å². The molecule has 2 aromatic rings. The third-order valence-electron chi connectivity index (χ3n) is 3.40. The van der Waals surface area contributed by atoms with Crippen molar-refractivity contribution in [3.05, 3.63) is 79.9 Å². The smallest absolute Gasteiger partial charge is 0.270 e. The Hall–Kier alpha value is -2.79. The molecule has 0 spiro atoms. The Balaban J connectivity index is 2.11. The van der Waals surface area contributed by atoms with Crippen LogP contribution in [0.5, 0.6) is 0 Å². The molecule has 0 N–H and O–H groups in total. The van der Waals surface area contributed by atoms with Gasteiger partial charge >= 0.3 is 0 Å². The number of fused-ring (bicyclic) bond motifs is 1. The number of hydrogen-bond donors (Lipinski definition) is 0. The molecule has 0 radical (unpaired) electrons. The Kier molecular flexibility index (Phi) is 3.35. The first-order chi connectivity index (χ1) is 10.5. The molecule has 0 saturated heterocycles. The fraction of sp³-hybridized carbons (Fsp3) is 0. The summed E-state index contributed by atoms with van der Waals surface area (Å²) in [7, 11) is 0. The number of rotatable bonds is 2. The fourth-order valence-corrected chi connectivity index (χ4v) is 2.49. The Labute approximate surface area is 130 Å². The number of allylic oxidation sites excluding steroid dienone is 1. The third-order valence-corrected chi connectivity index (χ3v) is 3.74. The number of carbonyl (C=O) groups is 2. The molecule has 0 aromatic heterocycles. The number of benzene rings is 2. The molecule has 0 bridgehead atoms. The van der Waals surface area contributed by atoms with Gasteiger partial charge in [0.15, 0.2) is 11.6 Å². The van der Waals surface area contributed by atoms with Crippen LogP contribution < -0.4 is 0 Å². The molecule has 6 heteroatoms. The maximum atomic E-state index is 12.3. The Bertz CT molecular complexity index is 833. The van der Waals surface area contributed by atoms with Crippen molar-refractivity contribution in [1.29, 1.82) is 0 Å². The minimum atomic E-state index is -0.564. The van der Waals surface area contributed by atoms with Gasteiger partial charge in [0.05, 0.1) is 10.5 Å². The zero-order chi connectivity index (χ0) is 15.9. The molecule has 0 unspecified atom stereocenters. The third kappa shape index (κ3) is 2.21. The first-order valence-electron chi connectivity index (χ1n) is 6.33. The molecule has 0 aliphatic heterocycles. The van der Waals surface area contributed by atoms with Crippen LogP contribution in [0.1, 0.15) is 26.3 Å². The molecule has 2 aromatic carbocycles. The Morgan fingerprint density at radius 1 is 1.00 bits per heavy atom. The molecule has 1 aliphatic rings. The first kappa shape index (κ1) is 14.2. The summed E-state index contributed by atoms with van der Waals surface area (Å²) in [5.41, 5.74) is 0.733. The first-order valence-corrected chi connectivity index (χ1v) is 6.71. The lowest BCUT2D eigenvalue weighted by Gasteiger charge is -2.00. The highest BCUT2D eigenvalue weighted by atomic mass is 35.5. The van der Waals surface area contributed by atoms with E-state index in [0.29, 0.717) is 11.1 Å². The van der Waals surface area contributed by atoms with Crippen LogP contribution in [-0.2, 0) is 0 Å². The Morgan fingerprint density at radius 2 is 1.59 bits per heavy atom. The average Bonchev–Trinajstić information content (AvgIpc) is 2.74. The van der Waals surface area contributed by atoms with Gasteiger partial charge in [-0.2, -0.15) is 0 Å². The van der Waals surface area contributed by atoms with Crippen LogP contribution in [0.3, 0.4) is 0 Å². The topological polar surface area (TPSA) is 77.3 Å². The van der Waals surface area contributed by atoms with Crippen LogP contribution in [0.4, 0.5) is 5.69 Å². The number of non-ortho nitro benzene ring substituents is 1. The Morgan fingerprint density at radius 3 is 2.14 bits per heavy atom. The van der Waals surface area contributed by atoms with E-state index in [2.05, 4.69) is 0 Å². The van der Waals surface area contributed by atoms with Crippen LogP contribution in [0.25, 0.3) is 6.08 Å². The molecule has 108 valence electrons. The van der Waals surface area contributed by atoms with Crippen LogP contribution in [-0.4, -0.2) is 16.5 Å². The fourth-order valence-electron chi connectivity index (χ4n) is 2.31. The summed E-state index contributed by atoms with van der Waals surface area (Å²) in [4.78, 5) is 34.8. The summed E-state index contributed by atoms with van der Waals surface area (Å²) in [5.74, 6) is -0.800. The van der Waals surface area contributed by atoms with Crippen molar-refractivity contribution in [2.45, 2.75) is 0 Å². The highest BCUT2D eigenvalue weighted by molar-refractivity contribution is 6.41. The van der Waals surface area contributed by atoms with Gasteiger partial charge in [-0.1, -0.05) is 35.9 Å². The second kappa shape index (κ2) is 5.20. The lowest BCUT2D eigenvalue weighted by molar-refractivity contribution is -0.384. The minimum absolute atomic E-state index is 0.0383. The normalized spacial score (nSPS) is 13.2. The van der Waals surface area contributed by atoms with E-state index < -0.39 is 16.5 Å². The molecule has 5 nitrogen and oxygen atoms in total. The number of nitro groups is 1. The van der Waals surface area contributed by atoms with Crippen LogP contribution in [0.2, 0.25) is 5.02 Å². The molecular formula is C16H8ClNO4. The number of ketones is 2. The van der Waals surface area contributed by atoms with E-state index in [-0.39, 0.29) is 21.8 Å². The van der Waals surface area contributed by atoms with Crippen molar-refractivity contribution in [2.24, 2.45) is 0 Å². The molecular weight excluding hydrogens is 306 g/mol. The van der Waals surface area contributed by atoms with Crippen molar-refractivity contribution < 1.29 is 14.5 Å². The summed E-state index contributed by atoms with van der Waals surface area (Å²) in [6.45, 7) is 0. The second-order valence-corrected chi connectivity index (χ2v) is 5.13. The number of nitrogens with zero attached hydrogens (tertiary/aromatic N) is 1. The number of hydrogen-bond acceptors (Lipinski definition) is 4. The SMILES string of the molecule is O=C1C(=Cc2cc([N+](=O)[O-])ccc2Cl)C(=O)c2ccccc21. The lowest BCUT2D eigenvalue weighted by Crippen LogP contribution is -2.00. The molecule has 0 fully saturated rings. The predicted molar refractivity (Wildman–Crippen MR) is 81.2 cm³/mol. The number of halogens is 1. The van der Waals surface area contributed by atoms with E-state index in [1.807, 2.05) is 0 Å². The maximum absolute atomic E-state index is 12.3. The largest absolute Gasteiger partial charge is 0.288 e. The standard InChI is InChI=1S/C16H8ClNO4/c17-14-6-5-10(18(21)22)7-9(14)8-13-15(19)11-3-1-2-4-12(11)16(13)20/h1-8H. The quantitative estimate of drug-likeness (QED) is 0.366. The van der Waals surface area contributed by atoms with Crippen molar-refractivity contribution in [2.75, 3.05) is 0 Å². The van der Waals surface area contributed by atoms with E-state index in [4.69, 9.17) is 11.6 Å².